The first-order valence-corrected chi connectivity index (χ1v) is 6.11. The smallest absolute Gasteiger partial charge is 0.339 e. The standard InChI is InChI=1S/C14H8BrNO3/c15-11-5-3-7-13(10(11)8-16)19-12-6-2-1-4-9(12)14(17)18/h1-7H,(H,17,18). The van der Waals surface area contributed by atoms with Gasteiger partial charge < -0.3 is 9.84 Å². The van der Waals surface area contributed by atoms with Crippen molar-refractivity contribution in [1.82, 2.24) is 0 Å². The number of halogens is 1. The molecule has 5 heteroatoms. The number of carbonyl (C=O) groups is 1. The normalized spacial score (nSPS) is 9.68. The molecule has 2 aromatic rings. The molecule has 4 nitrogen and oxygen atoms in total. The Kier molecular flexibility index (Phi) is 3.83. The van der Waals surface area contributed by atoms with Crippen molar-refractivity contribution < 1.29 is 14.6 Å². The third-order valence-electron chi connectivity index (χ3n) is 2.42. The molecule has 2 rings (SSSR count). The molecule has 0 unspecified atom stereocenters. The van der Waals surface area contributed by atoms with Crippen LogP contribution in [0.4, 0.5) is 0 Å². The Morgan fingerprint density at radius 2 is 1.84 bits per heavy atom. The number of benzene rings is 2. The molecule has 94 valence electrons. The van der Waals surface area contributed by atoms with E-state index in [0.717, 1.165) is 0 Å². The highest BCUT2D eigenvalue weighted by Gasteiger charge is 2.14. The van der Waals surface area contributed by atoms with Gasteiger partial charge in [-0.1, -0.05) is 18.2 Å². The van der Waals surface area contributed by atoms with Crippen LogP contribution in [0.15, 0.2) is 46.9 Å². The van der Waals surface area contributed by atoms with Gasteiger partial charge in [0.25, 0.3) is 0 Å². The van der Waals surface area contributed by atoms with Gasteiger partial charge in [0.15, 0.2) is 0 Å². The van der Waals surface area contributed by atoms with Gasteiger partial charge in [0.2, 0.25) is 0 Å². The fraction of sp³-hybridized carbons (Fsp3) is 0. The van der Waals surface area contributed by atoms with E-state index >= 15 is 0 Å². The zero-order valence-electron chi connectivity index (χ0n) is 9.63. The van der Waals surface area contributed by atoms with Crippen LogP contribution in [0.1, 0.15) is 15.9 Å². The van der Waals surface area contributed by atoms with Crippen LogP contribution in [0.2, 0.25) is 0 Å². The lowest BCUT2D eigenvalue weighted by Gasteiger charge is -2.10. The summed E-state index contributed by atoms with van der Waals surface area (Å²) in [5.74, 6) is -0.570. The first-order valence-electron chi connectivity index (χ1n) is 5.32. The summed E-state index contributed by atoms with van der Waals surface area (Å²) < 4.78 is 6.14. The number of para-hydroxylation sites is 1. The molecule has 0 bridgehead atoms. The lowest BCUT2D eigenvalue weighted by Crippen LogP contribution is -2.00. The lowest BCUT2D eigenvalue weighted by atomic mass is 10.2. The van der Waals surface area contributed by atoms with Crippen LogP contribution in [0.5, 0.6) is 11.5 Å². The Morgan fingerprint density at radius 1 is 1.16 bits per heavy atom. The minimum absolute atomic E-state index is 0.0476. The Labute approximate surface area is 118 Å². The summed E-state index contributed by atoms with van der Waals surface area (Å²) in [6.07, 6.45) is 0. The van der Waals surface area contributed by atoms with Crippen LogP contribution in [-0.2, 0) is 0 Å². The van der Waals surface area contributed by atoms with Gasteiger partial charge in [-0.2, -0.15) is 5.26 Å². The predicted molar refractivity (Wildman–Crippen MR) is 72.3 cm³/mol. The molecule has 0 aliphatic heterocycles. The molecule has 0 fully saturated rings. The molecule has 0 aliphatic carbocycles. The number of nitriles is 1. The number of nitrogens with zero attached hydrogens (tertiary/aromatic N) is 1. The fourth-order valence-corrected chi connectivity index (χ4v) is 1.99. The molecule has 0 saturated heterocycles. The first-order chi connectivity index (χ1) is 9.13. The van der Waals surface area contributed by atoms with E-state index in [1.165, 1.54) is 6.07 Å². The average molecular weight is 318 g/mol. The second-order valence-corrected chi connectivity index (χ2v) is 4.48. The van der Waals surface area contributed by atoms with E-state index in [1.807, 2.05) is 6.07 Å². The number of hydrogen-bond acceptors (Lipinski definition) is 3. The predicted octanol–water partition coefficient (Wildman–Crippen LogP) is 3.81. The largest absolute Gasteiger partial charge is 0.478 e. The maximum absolute atomic E-state index is 11.1. The molecular formula is C14H8BrNO3. The Balaban J connectivity index is 2.46. The summed E-state index contributed by atoms with van der Waals surface area (Å²) in [6.45, 7) is 0. The minimum atomic E-state index is -1.08. The zero-order valence-corrected chi connectivity index (χ0v) is 11.2. The van der Waals surface area contributed by atoms with Crippen molar-refractivity contribution in [2.75, 3.05) is 0 Å². The SMILES string of the molecule is N#Cc1c(Br)cccc1Oc1ccccc1C(=O)O. The fourth-order valence-electron chi connectivity index (χ4n) is 1.55. The summed E-state index contributed by atoms with van der Waals surface area (Å²) in [7, 11) is 0. The van der Waals surface area contributed by atoms with E-state index in [-0.39, 0.29) is 11.3 Å². The summed E-state index contributed by atoms with van der Waals surface area (Å²) in [4.78, 5) is 11.1. The van der Waals surface area contributed by atoms with Crippen molar-refractivity contribution in [2.24, 2.45) is 0 Å². The van der Waals surface area contributed by atoms with Crippen LogP contribution in [-0.4, -0.2) is 11.1 Å². The molecule has 0 heterocycles. The molecule has 0 atom stereocenters. The summed E-state index contributed by atoms with van der Waals surface area (Å²) in [6, 6.07) is 13.3. The Morgan fingerprint density at radius 3 is 2.53 bits per heavy atom. The molecule has 0 saturated carbocycles. The molecule has 0 aliphatic rings. The van der Waals surface area contributed by atoms with Crippen LogP contribution < -0.4 is 4.74 Å². The third kappa shape index (κ3) is 2.75. The van der Waals surface area contributed by atoms with Gasteiger partial charge in [0.05, 0.1) is 0 Å². The molecule has 0 aromatic heterocycles. The molecule has 1 N–H and O–H groups in total. The number of rotatable bonds is 3. The van der Waals surface area contributed by atoms with E-state index in [1.54, 1.807) is 36.4 Å². The van der Waals surface area contributed by atoms with Crippen molar-refractivity contribution in [1.29, 1.82) is 5.26 Å². The molecule has 2 aromatic carbocycles. The van der Waals surface area contributed by atoms with Gasteiger partial charge >= 0.3 is 5.97 Å². The molecule has 0 amide bonds. The van der Waals surface area contributed by atoms with E-state index < -0.39 is 5.97 Å². The zero-order chi connectivity index (χ0) is 13.8. The summed E-state index contributed by atoms with van der Waals surface area (Å²) in [5, 5.41) is 18.1. The minimum Gasteiger partial charge on any atom is -0.478 e. The molecular weight excluding hydrogens is 310 g/mol. The molecule has 0 spiro atoms. The van der Waals surface area contributed by atoms with Crippen LogP contribution in [0, 0.1) is 11.3 Å². The first kappa shape index (κ1) is 13.1. The summed E-state index contributed by atoms with van der Waals surface area (Å²) in [5.41, 5.74) is 0.369. The maximum Gasteiger partial charge on any atom is 0.339 e. The van der Waals surface area contributed by atoms with Crippen LogP contribution >= 0.6 is 15.9 Å². The average Bonchev–Trinajstić information content (AvgIpc) is 2.39. The van der Waals surface area contributed by atoms with Crippen molar-refractivity contribution in [3.63, 3.8) is 0 Å². The van der Waals surface area contributed by atoms with Crippen molar-refractivity contribution in [3.8, 4) is 17.6 Å². The second kappa shape index (κ2) is 5.55. The van der Waals surface area contributed by atoms with E-state index in [9.17, 15) is 4.79 Å². The topological polar surface area (TPSA) is 70.3 Å². The monoisotopic (exact) mass is 317 g/mol. The van der Waals surface area contributed by atoms with Crippen LogP contribution in [0.3, 0.4) is 0 Å². The van der Waals surface area contributed by atoms with Gasteiger partial charge in [0, 0.05) is 4.47 Å². The molecule has 19 heavy (non-hydrogen) atoms. The van der Waals surface area contributed by atoms with Crippen LogP contribution in [0.25, 0.3) is 0 Å². The number of aromatic carboxylic acids is 1. The van der Waals surface area contributed by atoms with E-state index in [2.05, 4.69) is 15.9 Å². The second-order valence-electron chi connectivity index (χ2n) is 3.63. The number of carboxylic acids is 1. The Hall–Kier alpha value is -2.32. The lowest BCUT2D eigenvalue weighted by molar-refractivity contribution is 0.0694. The van der Waals surface area contributed by atoms with Crippen molar-refractivity contribution in [2.45, 2.75) is 0 Å². The van der Waals surface area contributed by atoms with Crippen molar-refractivity contribution >= 4 is 21.9 Å². The van der Waals surface area contributed by atoms with Gasteiger partial charge in [0.1, 0.15) is 28.7 Å². The van der Waals surface area contributed by atoms with Gasteiger partial charge in [-0.15, -0.1) is 0 Å². The van der Waals surface area contributed by atoms with E-state index in [0.29, 0.717) is 15.8 Å². The van der Waals surface area contributed by atoms with E-state index in [4.69, 9.17) is 15.1 Å². The number of hydrogen-bond donors (Lipinski definition) is 1. The molecule has 0 radical (unpaired) electrons. The number of carboxylic acid groups (broad SMARTS) is 1. The van der Waals surface area contributed by atoms with Gasteiger partial charge in [-0.25, -0.2) is 4.79 Å². The highest BCUT2D eigenvalue weighted by atomic mass is 79.9. The van der Waals surface area contributed by atoms with Crippen molar-refractivity contribution in [3.05, 3.63) is 58.1 Å². The van der Waals surface area contributed by atoms with Gasteiger partial charge in [-0.3, -0.25) is 0 Å². The maximum atomic E-state index is 11.1. The highest BCUT2D eigenvalue weighted by molar-refractivity contribution is 9.10. The quantitative estimate of drug-likeness (QED) is 0.934. The summed E-state index contributed by atoms with van der Waals surface area (Å²) >= 11 is 3.25. The Bertz CT molecular complexity index is 677. The van der Waals surface area contributed by atoms with Gasteiger partial charge in [-0.05, 0) is 40.2 Å². The highest BCUT2D eigenvalue weighted by Crippen LogP contribution is 2.31. The number of ether oxygens (including phenoxy) is 1. The third-order valence-corrected chi connectivity index (χ3v) is 3.09.